The molecule has 0 radical (unpaired) electrons. The van der Waals surface area contributed by atoms with Gasteiger partial charge in [0.15, 0.2) is 12.0 Å². The molecule has 0 spiro atoms. The number of halogens is 2. The van der Waals surface area contributed by atoms with E-state index in [9.17, 15) is 14.9 Å². The van der Waals surface area contributed by atoms with E-state index in [0.29, 0.717) is 6.29 Å². The van der Waals surface area contributed by atoms with Crippen molar-refractivity contribution in [2.24, 2.45) is 0 Å². The van der Waals surface area contributed by atoms with Gasteiger partial charge in [-0.05, 0) is 6.07 Å². The Morgan fingerprint density at radius 3 is 2.53 bits per heavy atom. The fraction of sp³-hybridized carbons (Fsp3) is 0. The second kappa shape index (κ2) is 5.29. The highest BCUT2D eigenvalue weighted by molar-refractivity contribution is 6.42. The number of aldehydes is 1. The Hall–Kier alpha value is -2.05. The largest absolute Gasteiger partial charge is 0.422 e. The van der Waals surface area contributed by atoms with Gasteiger partial charge >= 0.3 is 5.69 Å². The number of hydrogen-bond donors (Lipinski definition) is 0. The maximum atomic E-state index is 10.9. The zero-order valence-corrected chi connectivity index (χ0v) is 10.6. The number of rotatable bonds is 4. The number of furan rings is 1. The molecule has 2 aromatic rings. The highest BCUT2D eigenvalue weighted by Gasteiger charge is 2.20. The Balaban J connectivity index is 2.40. The van der Waals surface area contributed by atoms with Crippen molar-refractivity contribution in [3.63, 3.8) is 0 Å². The fourth-order valence-corrected chi connectivity index (χ4v) is 1.62. The van der Waals surface area contributed by atoms with Crippen LogP contribution in [0, 0.1) is 10.1 Å². The van der Waals surface area contributed by atoms with Crippen LogP contribution in [0.5, 0.6) is 11.7 Å². The van der Waals surface area contributed by atoms with Crippen LogP contribution in [0.2, 0.25) is 10.0 Å². The number of nitro groups is 1. The predicted octanol–water partition coefficient (Wildman–Crippen LogP) is 4.10. The molecule has 19 heavy (non-hydrogen) atoms. The number of benzene rings is 1. The van der Waals surface area contributed by atoms with Crippen LogP contribution in [0.1, 0.15) is 10.6 Å². The van der Waals surface area contributed by atoms with Crippen molar-refractivity contribution >= 4 is 35.2 Å². The summed E-state index contributed by atoms with van der Waals surface area (Å²) in [7, 11) is 0. The van der Waals surface area contributed by atoms with E-state index in [4.69, 9.17) is 32.4 Å². The second-order valence-electron chi connectivity index (χ2n) is 3.37. The first-order chi connectivity index (χ1) is 9.01. The lowest BCUT2D eigenvalue weighted by molar-refractivity contribution is -0.385. The molecule has 0 amide bonds. The normalized spacial score (nSPS) is 10.2. The number of hydrogen-bond acceptors (Lipinski definition) is 5. The van der Waals surface area contributed by atoms with Crippen molar-refractivity contribution in [1.29, 1.82) is 0 Å². The van der Waals surface area contributed by atoms with E-state index < -0.39 is 4.92 Å². The molecule has 0 saturated carbocycles. The Kier molecular flexibility index (Phi) is 3.73. The van der Waals surface area contributed by atoms with Crippen molar-refractivity contribution in [1.82, 2.24) is 0 Å². The third-order valence-electron chi connectivity index (χ3n) is 2.13. The Bertz CT molecular complexity index is 653. The predicted molar refractivity (Wildman–Crippen MR) is 67.3 cm³/mol. The number of nitrogens with zero attached hydrogens (tertiary/aromatic N) is 1. The maximum Gasteiger partial charge on any atom is 0.313 e. The van der Waals surface area contributed by atoms with Gasteiger partial charge in [0, 0.05) is 18.2 Å². The lowest BCUT2D eigenvalue weighted by Crippen LogP contribution is -1.93. The van der Waals surface area contributed by atoms with Crippen molar-refractivity contribution in [2.45, 2.75) is 0 Å². The van der Waals surface area contributed by atoms with Crippen LogP contribution in [-0.2, 0) is 0 Å². The second-order valence-corrected chi connectivity index (χ2v) is 4.18. The molecule has 0 aliphatic carbocycles. The van der Waals surface area contributed by atoms with Crippen LogP contribution in [0.25, 0.3) is 0 Å². The molecule has 1 aromatic carbocycles. The number of ether oxygens (including phenoxy) is 1. The van der Waals surface area contributed by atoms with E-state index in [0.717, 1.165) is 6.07 Å². The summed E-state index contributed by atoms with van der Waals surface area (Å²) in [6.45, 7) is 0. The molecule has 0 aliphatic heterocycles. The molecule has 0 atom stereocenters. The highest BCUT2D eigenvalue weighted by Crippen LogP contribution is 2.38. The standard InChI is InChI=1S/C11H5Cl2NO5/c12-7-3-9(14(16)17)10(4-8(7)13)19-11-2-1-6(5-15)18-11/h1-5H. The van der Waals surface area contributed by atoms with E-state index in [-0.39, 0.29) is 33.2 Å². The van der Waals surface area contributed by atoms with Crippen LogP contribution in [0.15, 0.2) is 28.7 Å². The average Bonchev–Trinajstić information content (AvgIpc) is 2.81. The topological polar surface area (TPSA) is 82.6 Å². The van der Waals surface area contributed by atoms with Gasteiger partial charge in [-0.3, -0.25) is 14.9 Å². The maximum absolute atomic E-state index is 10.9. The molecule has 0 fully saturated rings. The minimum Gasteiger partial charge on any atom is -0.422 e. The average molecular weight is 302 g/mol. The fourth-order valence-electron chi connectivity index (χ4n) is 1.30. The van der Waals surface area contributed by atoms with Gasteiger partial charge in [-0.2, -0.15) is 0 Å². The summed E-state index contributed by atoms with van der Waals surface area (Å²) >= 11 is 11.5. The van der Waals surface area contributed by atoms with Crippen molar-refractivity contribution in [3.8, 4) is 11.7 Å². The van der Waals surface area contributed by atoms with Crippen molar-refractivity contribution < 1.29 is 18.9 Å². The molecule has 1 aromatic heterocycles. The quantitative estimate of drug-likeness (QED) is 0.482. The lowest BCUT2D eigenvalue weighted by atomic mass is 10.3. The molecule has 6 nitrogen and oxygen atoms in total. The molecule has 8 heteroatoms. The van der Waals surface area contributed by atoms with Crippen LogP contribution in [-0.4, -0.2) is 11.2 Å². The molecule has 0 N–H and O–H groups in total. The molecular formula is C11H5Cl2NO5. The van der Waals surface area contributed by atoms with Crippen molar-refractivity contribution in [3.05, 3.63) is 50.2 Å². The van der Waals surface area contributed by atoms with E-state index in [1.165, 1.54) is 18.2 Å². The monoisotopic (exact) mass is 301 g/mol. The molecule has 1 heterocycles. The van der Waals surface area contributed by atoms with Gasteiger partial charge in [0.05, 0.1) is 15.0 Å². The van der Waals surface area contributed by atoms with Crippen LogP contribution in [0.4, 0.5) is 5.69 Å². The van der Waals surface area contributed by atoms with Crippen LogP contribution in [0.3, 0.4) is 0 Å². The molecule has 98 valence electrons. The van der Waals surface area contributed by atoms with Gasteiger partial charge in [-0.1, -0.05) is 23.2 Å². The molecule has 0 bridgehead atoms. The molecular weight excluding hydrogens is 297 g/mol. The zero-order valence-electron chi connectivity index (χ0n) is 9.13. The van der Waals surface area contributed by atoms with E-state index >= 15 is 0 Å². The third kappa shape index (κ3) is 2.86. The molecule has 2 rings (SSSR count). The summed E-state index contributed by atoms with van der Waals surface area (Å²) in [6, 6.07) is 5.00. The lowest BCUT2D eigenvalue weighted by Gasteiger charge is -2.04. The minimum atomic E-state index is -0.666. The Labute approximate surface area is 116 Å². The summed E-state index contributed by atoms with van der Waals surface area (Å²) in [4.78, 5) is 20.7. The van der Waals surface area contributed by atoms with Crippen LogP contribution < -0.4 is 4.74 Å². The van der Waals surface area contributed by atoms with Gasteiger partial charge < -0.3 is 9.15 Å². The summed E-state index contributed by atoms with van der Waals surface area (Å²) in [5, 5.41) is 11.0. The smallest absolute Gasteiger partial charge is 0.313 e. The number of carbonyl (C=O) groups excluding carboxylic acids is 1. The van der Waals surface area contributed by atoms with Gasteiger partial charge in [0.2, 0.25) is 5.75 Å². The van der Waals surface area contributed by atoms with E-state index in [2.05, 4.69) is 0 Å². The minimum absolute atomic E-state index is 0.0359. The summed E-state index contributed by atoms with van der Waals surface area (Å²) in [5.74, 6) is -0.160. The van der Waals surface area contributed by atoms with Gasteiger partial charge in [0.1, 0.15) is 0 Å². The van der Waals surface area contributed by atoms with Crippen molar-refractivity contribution in [2.75, 3.05) is 0 Å². The van der Waals surface area contributed by atoms with E-state index in [1.54, 1.807) is 0 Å². The van der Waals surface area contributed by atoms with Crippen LogP contribution >= 0.6 is 23.2 Å². The van der Waals surface area contributed by atoms with E-state index in [1.807, 2.05) is 0 Å². The Morgan fingerprint density at radius 1 is 1.26 bits per heavy atom. The molecule has 0 saturated heterocycles. The van der Waals surface area contributed by atoms with Gasteiger partial charge in [-0.15, -0.1) is 0 Å². The first-order valence-electron chi connectivity index (χ1n) is 4.87. The molecule has 0 aliphatic rings. The summed E-state index contributed by atoms with van der Waals surface area (Å²) < 4.78 is 10.1. The summed E-state index contributed by atoms with van der Waals surface area (Å²) in [5.41, 5.74) is -0.363. The van der Waals surface area contributed by atoms with Gasteiger partial charge in [0.25, 0.3) is 5.95 Å². The van der Waals surface area contributed by atoms with Gasteiger partial charge in [-0.25, -0.2) is 0 Å². The highest BCUT2D eigenvalue weighted by atomic mass is 35.5. The Morgan fingerprint density at radius 2 is 1.95 bits per heavy atom. The first-order valence-corrected chi connectivity index (χ1v) is 5.63. The third-order valence-corrected chi connectivity index (χ3v) is 2.85. The number of carbonyl (C=O) groups is 1. The summed E-state index contributed by atoms with van der Waals surface area (Å²) in [6.07, 6.45) is 0.482. The zero-order chi connectivity index (χ0) is 14.0. The SMILES string of the molecule is O=Cc1ccc(Oc2cc(Cl)c(Cl)cc2[N+](=O)[O-])o1. The molecule has 0 unspecified atom stereocenters. The first kappa shape index (κ1) is 13.4. The number of nitro benzene ring substituents is 1.